The zero-order valence-electron chi connectivity index (χ0n) is 10.2. The quantitative estimate of drug-likeness (QED) is 0.785. The van der Waals surface area contributed by atoms with Crippen molar-refractivity contribution < 1.29 is 4.79 Å². The van der Waals surface area contributed by atoms with E-state index >= 15 is 0 Å². The molecule has 0 radical (unpaired) electrons. The smallest absolute Gasteiger partial charge is 0.230 e. The molecule has 1 atom stereocenters. The van der Waals surface area contributed by atoms with Gasteiger partial charge >= 0.3 is 0 Å². The highest BCUT2D eigenvalue weighted by atomic mass is 32.1. The van der Waals surface area contributed by atoms with Crippen molar-refractivity contribution in [3.05, 3.63) is 35.4 Å². The maximum absolute atomic E-state index is 11.8. The molecule has 0 spiro atoms. The Labute approximate surface area is 107 Å². The molecule has 0 bridgehead atoms. The molecular formula is C13H18N2OS. The van der Waals surface area contributed by atoms with Crippen molar-refractivity contribution in [2.45, 2.75) is 26.8 Å². The highest BCUT2D eigenvalue weighted by Crippen LogP contribution is 2.05. The first-order valence-electron chi connectivity index (χ1n) is 5.67. The van der Waals surface area contributed by atoms with Gasteiger partial charge in [-0.25, -0.2) is 0 Å². The predicted octanol–water partition coefficient (Wildman–Crippen LogP) is 1.92. The summed E-state index contributed by atoms with van der Waals surface area (Å²) in [5.74, 6) is -0.462. The molecule has 1 unspecified atom stereocenters. The summed E-state index contributed by atoms with van der Waals surface area (Å²) < 4.78 is 0. The van der Waals surface area contributed by atoms with E-state index in [0.29, 0.717) is 13.0 Å². The number of aryl methyl sites for hydroxylation is 1. The molecule has 3 N–H and O–H groups in total. The Morgan fingerprint density at radius 1 is 1.41 bits per heavy atom. The second kappa shape index (κ2) is 6.35. The van der Waals surface area contributed by atoms with Gasteiger partial charge in [-0.3, -0.25) is 4.79 Å². The van der Waals surface area contributed by atoms with Crippen LogP contribution in [-0.2, 0) is 11.3 Å². The maximum Gasteiger partial charge on any atom is 0.230 e. The number of carbonyl (C=O) groups excluding carboxylic acids is 1. The Bertz CT molecular complexity index is 400. The van der Waals surface area contributed by atoms with Crippen LogP contribution in [0.1, 0.15) is 24.5 Å². The zero-order valence-corrected chi connectivity index (χ0v) is 11.0. The molecule has 1 aromatic carbocycles. The van der Waals surface area contributed by atoms with Crippen molar-refractivity contribution >= 4 is 23.1 Å². The number of thiocarbonyl (C=S) groups is 1. The Balaban J connectivity index is 2.53. The first kappa shape index (κ1) is 13.6. The summed E-state index contributed by atoms with van der Waals surface area (Å²) in [5.41, 5.74) is 7.78. The van der Waals surface area contributed by atoms with Gasteiger partial charge in [-0.2, -0.15) is 0 Å². The van der Waals surface area contributed by atoms with E-state index < -0.39 is 0 Å². The van der Waals surface area contributed by atoms with Crippen molar-refractivity contribution in [3.63, 3.8) is 0 Å². The fourth-order valence-electron chi connectivity index (χ4n) is 1.53. The van der Waals surface area contributed by atoms with E-state index in [1.165, 1.54) is 5.56 Å². The van der Waals surface area contributed by atoms with Crippen molar-refractivity contribution in [2.24, 2.45) is 11.7 Å². The third-order valence-electron chi connectivity index (χ3n) is 2.66. The molecule has 1 rings (SSSR count). The number of hydrogen-bond donors (Lipinski definition) is 2. The molecular weight excluding hydrogens is 232 g/mol. The second-order valence-corrected chi connectivity index (χ2v) is 4.54. The molecule has 0 fully saturated rings. The summed E-state index contributed by atoms with van der Waals surface area (Å²) in [6.07, 6.45) is 0.634. The topological polar surface area (TPSA) is 55.1 Å². The highest BCUT2D eigenvalue weighted by molar-refractivity contribution is 7.80. The molecule has 0 saturated carbocycles. The number of rotatable bonds is 5. The van der Waals surface area contributed by atoms with Gasteiger partial charge in [-0.1, -0.05) is 49.0 Å². The van der Waals surface area contributed by atoms with E-state index in [2.05, 4.69) is 5.32 Å². The van der Waals surface area contributed by atoms with Crippen LogP contribution in [0.25, 0.3) is 0 Å². The van der Waals surface area contributed by atoms with Crippen LogP contribution < -0.4 is 11.1 Å². The lowest BCUT2D eigenvalue weighted by Gasteiger charge is -2.13. The first-order valence-corrected chi connectivity index (χ1v) is 6.08. The third-order valence-corrected chi connectivity index (χ3v) is 2.94. The van der Waals surface area contributed by atoms with Gasteiger partial charge in [0.2, 0.25) is 5.91 Å². The number of nitrogens with one attached hydrogen (secondary N) is 1. The minimum atomic E-state index is -0.365. The molecule has 1 aromatic rings. The molecule has 4 heteroatoms. The van der Waals surface area contributed by atoms with E-state index in [1.807, 2.05) is 38.1 Å². The Morgan fingerprint density at radius 2 is 2.00 bits per heavy atom. The molecule has 3 nitrogen and oxygen atoms in total. The van der Waals surface area contributed by atoms with E-state index in [9.17, 15) is 4.79 Å². The van der Waals surface area contributed by atoms with Gasteiger partial charge in [-0.05, 0) is 18.9 Å². The third kappa shape index (κ3) is 4.15. The fourth-order valence-corrected chi connectivity index (χ4v) is 1.81. The summed E-state index contributed by atoms with van der Waals surface area (Å²) in [5, 5.41) is 2.84. The van der Waals surface area contributed by atoms with Crippen LogP contribution in [0.2, 0.25) is 0 Å². The Kier molecular flexibility index (Phi) is 5.10. The SMILES string of the molecule is CCC(C(=O)NCc1ccc(C)cc1)C(N)=S. The monoisotopic (exact) mass is 250 g/mol. The van der Waals surface area contributed by atoms with Crippen molar-refractivity contribution in [1.29, 1.82) is 0 Å². The molecule has 1 amide bonds. The minimum Gasteiger partial charge on any atom is -0.393 e. The van der Waals surface area contributed by atoms with Crippen molar-refractivity contribution in [1.82, 2.24) is 5.32 Å². The number of hydrogen-bond acceptors (Lipinski definition) is 2. The van der Waals surface area contributed by atoms with Crippen LogP contribution in [0.4, 0.5) is 0 Å². The molecule has 0 aliphatic heterocycles. The zero-order chi connectivity index (χ0) is 12.8. The average Bonchev–Trinajstić information content (AvgIpc) is 2.28. The van der Waals surface area contributed by atoms with Gasteiger partial charge in [0.05, 0.1) is 10.9 Å². The first-order chi connectivity index (χ1) is 8.04. The number of nitrogens with two attached hydrogens (primary N) is 1. The summed E-state index contributed by atoms with van der Waals surface area (Å²) in [4.78, 5) is 12.0. The standard InChI is InChI=1S/C13H18N2OS/c1-3-11(12(14)17)13(16)15-8-10-6-4-9(2)5-7-10/h4-7,11H,3,8H2,1-2H3,(H2,14,17)(H,15,16). The molecule has 0 aliphatic carbocycles. The van der Waals surface area contributed by atoms with Crippen LogP contribution in [0.5, 0.6) is 0 Å². The highest BCUT2D eigenvalue weighted by Gasteiger charge is 2.18. The lowest BCUT2D eigenvalue weighted by molar-refractivity contribution is -0.123. The van der Waals surface area contributed by atoms with Gasteiger partial charge < -0.3 is 11.1 Å². The molecule has 0 saturated heterocycles. The van der Waals surface area contributed by atoms with Crippen LogP contribution >= 0.6 is 12.2 Å². The van der Waals surface area contributed by atoms with Crippen molar-refractivity contribution in [2.75, 3.05) is 0 Å². The summed E-state index contributed by atoms with van der Waals surface area (Å²) in [7, 11) is 0. The van der Waals surface area contributed by atoms with E-state index in [1.54, 1.807) is 0 Å². The van der Waals surface area contributed by atoms with Crippen LogP contribution in [0, 0.1) is 12.8 Å². The number of carbonyl (C=O) groups is 1. The Morgan fingerprint density at radius 3 is 2.47 bits per heavy atom. The lowest BCUT2D eigenvalue weighted by Crippen LogP contribution is -2.37. The van der Waals surface area contributed by atoms with Gasteiger partial charge in [0.25, 0.3) is 0 Å². The Hall–Kier alpha value is -1.42. The number of amides is 1. The van der Waals surface area contributed by atoms with E-state index in [-0.39, 0.29) is 16.8 Å². The summed E-state index contributed by atoms with van der Waals surface area (Å²) in [6.45, 7) is 4.44. The number of benzene rings is 1. The van der Waals surface area contributed by atoms with Crippen LogP contribution in [0.15, 0.2) is 24.3 Å². The largest absolute Gasteiger partial charge is 0.393 e. The van der Waals surface area contributed by atoms with Crippen molar-refractivity contribution in [3.8, 4) is 0 Å². The van der Waals surface area contributed by atoms with E-state index in [0.717, 1.165) is 5.56 Å². The van der Waals surface area contributed by atoms with Gasteiger partial charge in [0.1, 0.15) is 0 Å². The molecule has 0 aromatic heterocycles. The van der Waals surface area contributed by atoms with Gasteiger partial charge in [0, 0.05) is 6.54 Å². The lowest BCUT2D eigenvalue weighted by atomic mass is 10.1. The fraction of sp³-hybridized carbons (Fsp3) is 0.385. The minimum absolute atomic E-state index is 0.0967. The predicted molar refractivity (Wildman–Crippen MR) is 73.6 cm³/mol. The maximum atomic E-state index is 11.8. The second-order valence-electron chi connectivity index (χ2n) is 4.07. The molecule has 92 valence electrons. The molecule has 17 heavy (non-hydrogen) atoms. The average molecular weight is 250 g/mol. The van der Waals surface area contributed by atoms with E-state index in [4.69, 9.17) is 18.0 Å². The van der Waals surface area contributed by atoms with Crippen LogP contribution in [0.3, 0.4) is 0 Å². The summed E-state index contributed by atoms with van der Waals surface area (Å²) in [6, 6.07) is 8.04. The molecule has 0 heterocycles. The van der Waals surface area contributed by atoms with Crippen LogP contribution in [-0.4, -0.2) is 10.9 Å². The molecule has 0 aliphatic rings. The normalized spacial score (nSPS) is 11.9. The summed E-state index contributed by atoms with van der Waals surface area (Å²) >= 11 is 4.86. The van der Waals surface area contributed by atoms with Gasteiger partial charge in [0.15, 0.2) is 0 Å². The van der Waals surface area contributed by atoms with Gasteiger partial charge in [-0.15, -0.1) is 0 Å².